The van der Waals surface area contributed by atoms with Crippen LogP contribution in [0.1, 0.15) is 15.9 Å². The third-order valence-electron chi connectivity index (χ3n) is 2.50. The maximum Gasteiger partial charge on any atom is 0.255 e. The summed E-state index contributed by atoms with van der Waals surface area (Å²) in [6, 6.07) is 13.6. The maximum absolute atomic E-state index is 12.0. The Kier molecular flexibility index (Phi) is 3.83. The van der Waals surface area contributed by atoms with Gasteiger partial charge in [0.25, 0.3) is 5.91 Å². The van der Waals surface area contributed by atoms with Crippen molar-refractivity contribution >= 4 is 33.2 Å². The highest BCUT2D eigenvalue weighted by Crippen LogP contribution is 2.25. The Morgan fingerprint density at radius 2 is 2.05 bits per heavy atom. The van der Waals surface area contributed by atoms with E-state index in [1.807, 2.05) is 6.07 Å². The second-order valence-electron chi connectivity index (χ2n) is 3.89. The number of anilines is 2. The van der Waals surface area contributed by atoms with Crippen LogP contribution in [-0.4, -0.2) is 5.91 Å². The fourth-order valence-electron chi connectivity index (χ4n) is 1.56. The predicted molar refractivity (Wildman–Crippen MR) is 77.7 cm³/mol. The Morgan fingerprint density at radius 1 is 1.26 bits per heavy atom. The van der Waals surface area contributed by atoms with Crippen molar-refractivity contribution in [2.24, 2.45) is 0 Å². The number of hydrogen-bond acceptors (Lipinski definition) is 3. The van der Waals surface area contributed by atoms with Crippen LogP contribution in [0.25, 0.3) is 0 Å². The van der Waals surface area contributed by atoms with Gasteiger partial charge in [0.15, 0.2) is 0 Å². The van der Waals surface area contributed by atoms with E-state index in [1.54, 1.807) is 42.5 Å². The summed E-state index contributed by atoms with van der Waals surface area (Å²) < 4.78 is 0.706. The molecule has 0 heterocycles. The van der Waals surface area contributed by atoms with Gasteiger partial charge in [-0.2, -0.15) is 5.26 Å². The van der Waals surface area contributed by atoms with E-state index in [4.69, 9.17) is 11.0 Å². The molecule has 5 heteroatoms. The molecule has 0 aromatic heterocycles. The van der Waals surface area contributed by atoms with Gasteiger partial charge in [-0.25, -0.2) is 0 Å². The molecule has 2 aromatic carbocycles. The van der Waals surface area contributed by atoms with Crippen LogP contribution in [0.2, 0.25) is 0 Å². The molecule has 3 N–H and O–H groups in total. The zero-order valence-electron chi connectivity index (χ0n) is 9.85. The molecule has 4 nitrogen and oxygen atoms in total. The first-order chi connectivity index (χ1) is 9.10. The molecule has 0 atom stereocenters. The van der Waals surface area contributed by atoms with E-state index in [-0.39, 0.29) is 5.91 Å². The van der Waals surface area contributed by atoms with Crippen LogP contribution in [-0.2, 0) is 0 Å². The fourth-order valence-corrected chi connectivity index (χ4v) is 2.05. The van der Waals surface area contributed by atoms with Gasteiger partial charge in [-0.05, 0) is 52.3 Å². The van der Waals surface area contributed by atoms with Gasteiger partial charge in [0.1, 0.15) is 0 Å². The standard InChI is InChI=1S/C14H10BrN3O/c15-12-7-11(17)4-5-13(12)18-14(19)10-3-1-2-9(6-10)8-16/h1-7H,17H2,(H,18,19). The minimum atomic E-state index is -0.275. The van der Waals surface area contributed by atoms with E-state index in [2.05, 4.69) is 21.2 Å². The Hall–Kier alpha value is -2.32. The number of carbonyl (C=O) groups is 1. The smallest absolute Gasteiger partial charge is 0.255 e. The second-order valence-corrected chi connectivity index (χ2v) is 4.74. The highest BCUT2D eigenvalue weighted by molar-refractivity contribution is 9.10. The number of amides is 1. The number of halogens is 1. The zero-order chi connectivity index (χ0) is 13.8. The van der Waals surface area contributed by atoms with Crippen LogP contribution in [0.5, 0.6) is 0 Å². The molecule has 0 bridgehead atoms. The molecule has 19 heavy (non-hydrogen) atoms. The number of nitrogens with two attached hydrogens (primary N) is 1. The third kappa shape index (κ3) is 3.12. The van der Waals surface area contributed by atoms with Crippen molar-refractivity contribution in [1.82, 2.24) is 0 Å². The van der Waals surface area contributed by atoms with Crippen LogP contribution in [0.4, 0.5) is 11.4 Å². The number of nitrogen functional groups attached to an aromatic ring is 1. The van der Waals surface area contributed by atoms with E-state index >= 15 is 0 Å². The Balaban J connectivity index is 2.23. The number of rotatable bonds is 2. The molecule has 1 amide bonds. The summed E-state index contributed by atoms with van der Waals surface area (Å²) >= 11 is 3.33. The Bertz CT molecular complexity index is 677. The summed E-state index contributed by atoms with van der Waals surface area (Å²) in [6.07, 6.45) is 0. The molecule has 0 spiro atoms. The van der Waals surface area contributed by atoms with Gasteiger partial charge in [0.2, 0.25) is 0 Å². The lowest BCUT2D eigenvalue weighted by Crippen LogP contribution is -2.12. The molecule has 0 saturated heterocycles. The van der Waals surface area contributed by atoms with Crippen LogP contribution < -0.4 is 11.1 Å². The average molecular weight is 316 g/mol. The summed E-state index contributed by atoms with van der Waals surface area (Å²) in [5.41, 5.74) is 7.74. The van der Waals surface area contributed by atoms with Crippen molar-refractivity contribution in [3.63, 3.8) is 0 Å². The molecule has 0 aliphatic heterocycles. The van der Waals surface area contributed by atoms with Crippen molar-refractivity contribution in [3.8, 4) is 6.07 Å². The number of hydrogen-bond donors (Lipinski definition) is 2. The minimum absolute atomic E-state index is 0.275. The van der Waals surface area contributed by atoms with Gasteiger partial charge < -0.3 is 11.1 Å². The number of nitrogens with one attached hydrogen (secondary N) is 1. The molecule has 2 rings (SSSR count). The summed E-state index contributed by atoms with van der Waals surface area (Å²) in [7, 11) is 0. The van der Waals surface area contributed by atoms with E-state index in [0.29, 0.717) is 27.0 Å². The van der Waals surface area contributed by atoms with Crippen molar-refractivity contribution in [3.05, 3.63) is 58.1 Å². The molecule has 94 valence electrons. The summed E-state index contributed by atoms with van der Waals surface area (Å²) in [5.74, 6) is -0.275. The molecule has 0 radical (unpaired) electrons. The van der Waals surface area contributed by atoms with Crippen LogP contribution in [0.15, 0.2) is 46.9 Å². The summed E-state index contributed by atoms with van der Waals surface area (Å²) in [6.45, 7) is 0. The van der Waals surface area contributed by atoms with Crippen molar-refractivity contribution in [1.29, 1.82) is 5.26 Å². The van der Waals surface area contributed by atoms with E-state index in [0.717, 1.165) is 0 Å². The molecular weight excluding hydrogens is 306 g/mol. The van der Waals surface area contributed by atoms with Gasteiger partial charge >= 0.3 is 0 Å². The molecule has 0 unspecified atom stereocenters. The molecule has 0 saturated carbocycles. The lowest BCUT2D eigenvalue weighted by molar-refractivity contribution is 0.102. The first kappa shape index (κ1) is 13.1. The number of nitrogens with zero attached hydrogens (tertiary/aromatic N) is 1. The van der Waals surface area contributed by atoms with Gasteiger partial charge in [-0.15, -0.1) is 0 Å². The molecule has 0 fully saturated rings. The van der Waals surface area contributed by atoms with E-state index in [1.165, 1.54) is 0 Å². The van der Waals surface area contributed by atoms with Crippen molar-refractivity contribution in [2.45, 2.75) is 0 Å². The Labute approximate surface area is 119 Å². The lowest BCUT2D eigenvalue weighted by atomic mass is 10.1. The van der Waals surface area contributed by atoms with Gasteiger partial charge in [-0.3, -0.25) is 4.79 Å². The maximum atomic E-state index is 12.0. The number of benzene rings is 2. The summed E-state index contributed by atoms with van der Waals surface area (Å²) in [5, 5.41) is 11.6. The molecule has 0 aliphatic carbocycles. The molecule has 0 aliphatic rings. The zero-order valence-corrected chi connectivity index (χ0v) is 11.4. The Morgan fingerprint density at radius 3 is 2.74 bits per heavy atom. The van der Waals surface area contributed by atoms with E-state index < -0.39 is 0 Å². The largest absolute Gasteiger partial charge is 0.399 e. The summed E-state index contributed by atoms with van der Waals surface area (Å²) in [4.78, 5) is 12.0. The van der Waals surface area contributed by atoms with Crippen molar-refractivity contribution in [2.75, 3.05) is 11.1 Å². The monoisotopic (exact) mass is 315 g/mol. The van der Waals surface area contributed by atoms with E-state index in [9.17, 15) is 4.79 Å². The van der Waals surface area contributed by atoms with Gasteiger partial charge in [-0.1, -0.05) is 6.07 Å². The van der Waals surface area contributed by atoms with Crippen LogP contribution >= 0.6 is 15.9 Å². The predicted octanol–water partition coefficient (Wildman–Crippen LogP) is 3.16. The normalized spacial score (nSPS) is 9.68. The highest BCUT2D eigenvalue weighted by atomic mass is 79.9. The minimum Gasteiger partial charge on any atom is -0.399 e. The molecule has 2 aromatic rings. The number of nitriles is 1. The SMILES string of the molecule is N#Cc1cccc(C(=O)Nc2ccc(N)cc2Br)c1. The topological polar surface area (TPSA) is 78.9 Å². The first-order valence-electron chi connectivity index (χ1n) is 5.46. The third-order valence-corrected chi connectivity index (χ3v) is 3.15. The van der Waals surface area contributed by atoms with Crippen LogP contribution in [0.3, 0.4) is 0 Å². The van der Waals surface area contributed by atoms with Gasteiger partial charge in [0, 0.05) is 15.7 Å². The average Bonchev–Trinajstić information content (AvgIpc) is 2.42. The number of carbonyl (C=O) groups excluding carboxylic acids is 1. The van der Waals surface area contributed by atoms with Crippen LogP contribution in [0, 0.1) is 11.3 Å². The highest BCUT2D eigenvalue weighted by Gasteiger charge is 2.09. The fraction of sp³-hybridized carbons (Fsp3) is 0. The molecular formula is C14H10BrN3O. The second kappa shape index (κ2) is 5.55. The van der Waals surface area contributed by atoms with Crippen molar-refractivity contribution < 1.29 is 4.79 Å². The van der Waals surface area contributed by atoms with Gasteiger partial charge in [0.05, 0.1) is 17.3 Å². The quantitative estimate of drug-likeness (QED) is 0.835. The first-order valence-corrected chi connectivity index (χ1v) is 6.26. The lowest BCUT2D eigenvalue weighted by Gasteiger charge is -2.08.